The summed E-state index contributed by atoms with van der Waals surface area (Å²) in [6.45, 7) is 0.861. The average molecular weight is 410 g/mol. The predicted octanol–water partition coefficient (Wildman–Crippen LogP) is 4.87. The molecular weight excluding hydrogens is 393 g/mol. The number of thioether (sulfide) groups is 1. The van der Waals surface area contributed by atoms with E-state index in [2.05, 4.69) is 10.2 Å². The fourth-order valence-corrected chi connectivity index (χ4v) is 3.19. The summed E-state index contributed by atoms with van der Waals surface area (Å²) >= 11 is 13.5. The van der Waals surface area contributed by atoms with E-state index < -0.39 is 0 Å². The van der Waals surface area contributed by atoms with E-state index in [0.29, 0.717) is 29.0 Å². The van der Waals surface area contributed by atoms with Crippen molar-refractivity contribution in [2.45, 2.75) is 11.8 Å². The van der Waals surface area contributed by atoms with Crippen molar-refractivity contribution < 1.29 is 9.47 Å². The van der Waals surface area contributed by atoms with Crippen LogP contribution in [-0.4, -0.2) is 27.1 Å². The summed E-state index contributed by atoms with van der Waals surface area (Å²) in [4.78, 5) is 0. The molecule has 3 aromatic rings. The summed E-state index contributed by atoms with van der Waals surface area (Å²) < 4.78 is 13.3. The van der Waals surface area contributed by atoms with Crippen LogP contribution in [-0.2, 0) is 13.7 Å². The normalized spacial score (nSPS) is 10.7. The fraction of sp³-hybridized carbons (Fsp3) is 0.222. The second-order valence-corrected chi connectivity index (χ2v) is 7.23. The lowest BCUT2D eigenvalue weighted by molar-refractivity contribution is 0.290. The van der Waals surface area contributed by atoms with E-state index in [1.165, 1.54) is 0 Å². The SMILES string of the molecule is Cn1c(COc2ccccc2Cl)nnc1SCCOc1ccc(Cl)cc1. The van der Waals surface area contributed by atoms with Crippen molar-refractivity contribution in [1.29, 1.82) is 0 Å². The third-order valence-electron chi connectivity index (χ3n) is 3.52. The van der Waals surface area contributed by atoms with Gasteiger partial charge in [0.05, 0.1) is 11.6 Å². The monoisotopic (exact) mass is 409 g/mol. The molecule has 8 heteroatoms. The Hall–Kier alpha value is -1.89. The molecule has 3 rings (SSSR count). The van der Waals surface area contributed by atoms with Crippen LogP contribution in [0.1, 0.15) is 5.82 Å². The second kappa shape index (κ2) is 9.16. The summed E-state index contributed by atoms with van der Waals surface area (Å²) in [5, 5.41) is 10.4. The van der Waals surface area contributed by atoms with E-state index in [0.717, 1.165) is 22.5 Å². The molecule has 2 aromatic carbocycles. The van der Waals surface area contributed by atoms with Crippen LogP contribution in [0.25, 0.3) is 0 Å². The van der Waals surface area contributed by atoms with Crippen molar-refractivity contribution in [3.63, 3.8) is 0 Å². The predicted molar refractivity (Wildman–Crippen MR) is 104 cm³/mol. The minimum absolute atomic E-state index is 0.301. The first kappa shape index (κ1) is 18.9. The lowest BCUT2D eigenvalue weighted by atomic mass is 10.3. The van der Waals surface area contributed by atoms with Crippen LogP contribution in [0, 0.1) is 0 Å². The first-order valence-electron chi connectivity index (χ1n) is 7.90. The molecule has 0 aliphatic rings. The molecule has 0 bridgehead atoms. The Labute approximate surface area is 166 Å². The Morgan fingerprint density at radius 3 is 2.54 bits per heavy atom. The van der Waals surface area contributed by atoms with Gasteiger partial charge in [-0.25, -0.2) is 0 Å². The topological polar surface area (TPSA) is 49.2 Å². The number of benzene rings is 2. The molecule has 0 spiro atoms. The largest absolute Gasteiger partial charge is 0.493 e. The Kier molecular flexibility index (Phi) is 6.66. The molecule has 0 amide bonds. The van der Waals surface area contributed by atoms with E-state index in [9.17, 15) is 0 Å². The van der Waals surface area contributed by atoms with Gasteiger partial charge in [0, 0.05) is 17.8 Å². The molecule has 26 heavy (non-hydrogen) atoms. The molecule has 0 N–H and O–H groups in total. The van der Waals surface area contributed by atoms with Crippen molar-refractivity contribution in [3.05, 3.63) is 64.4 Å². The molecule has 0 saturated heterocycles. The maximum atomic E-state index is 6.09. The second-order valence-electron chi connectivity index (χ2n) is 5.33. The van der Waals surface area contributed by atoms with Gasteiger partial charge in [-0.05, 0) is 36.4 Å². The minimum Gasteiger partial charge on any atom is -0.493 e. The quantitative estimate of drug-likeness (QED) is 0.392. The number of nitrogens with zero attached hydrogens (tertiary/aromatic N) is 3. The number of aromatic nitrogens is 3. The van der Waals surface area contributed by atoms with Crippen LogP contribution in [0.5, 0.6) is 11.5 Å². The van der Waals surface area contributed by atoms with Crippen LogP contribution < -0.4 is 9.47 Å². The maximum Gasteiger partial charge on any atom is 0.191 e. The first-order valence-corrected chi connectivity index (χ1v) is 9.64. The zero-order valence-electron chi connectivity index (χ0n) is 14.1. The summed E-state index contributed by atoms with van der Waals surface area (Å²) in [6, 6.07) is 14.6. The van der Waals surface area contributed by atoms with E-state index >= 15 is 0 Å². The minimum atomic E-state index is 0.301. The Balaban J connectivity index is 1.47. The van der Waals surface area contributed by atoms with Gasteiger partial charge in [-0.2, -0.15) is 0 Å². The van der Waals surface area contributed by atoms with Gasteiger partial charge in [-0.3, -0.25) is 0 Å². The Bertz CT molecular complexity index is 856. The van der Waals surface area contributed by atoms with Gasteiger partial charge >= 0.3 is 0 Å². The van der Waals surface area contributed by atoms with Crippen LogP contribution in [0.3, 0.4) is 0 Å². The van der Waals surface area contributed by atoms with Crippen molar-refractivity contribution in [2.75, 3.05) is 12.4 Å². The van der Waals surface area contributed by atoms with Gasteiger partial charge in [0.15, 0.2) is 11.0 Å². The molecule has 0 saturated carbocycles. The Morgan fingerprint density at radius 2 is 1.77 bits per heavy atom. The van der Waals surface area contributed by atoms with E-state index in [-0.39, 0.29) is 0 Å². The van der Waals surface area contributed by atoms with Gasteiger partial charge in [0.2, 0.25) is 0 Å². The van der Waals surface area contributed by atoms with Gasteiger partial charge in [-0.1, -0.05) is 47.1 Å². The summed E-state index contributed by atoms with van der Waals surface area (Å²) in [6.07, 6.45) is 0. The molecular formula is C18H17Cl2N3O2S. The molecule has 0 atom stereocenters. The molecule has 1 aromatic heterocycles. The maximum absolute atomic E-state index is 6.09. The van der Waals surface area contributed by atoms with Crippen LogP contribution in [0.4, 0.5) is 0 Å². The average Bonchev–Trinajstić information content (AvgIpc) is 2.99. The number of hydrogen-bond acceptors (Lipinski definition) is 5. The fourth-order valence-electron chi connectivity index (χ4n) is 2.12. The number of halogens is 2. The highest BCUT2D eigenvalue weighted by Gasteiger charge is 2.10. The van der Waals surface area contributed by atoms with Crippen LogP contribution in [0.15, 0.2) is 53.7 Å². The lowest BCUT2D eigenvalue weighted by Gasteiger charge is -2.08. The van der Waals surface area contributed by atoms with Crippen molar-refractivity contribution in [2.24, 2.45) is 7.05 Å². The van der Waals surface area contributed by atoms with Crippen molar-refractivity contribution >= 4 is 35.0 Å². The molecule has 0 fully saturated rings. The Morgan fingerprint density at radius 1 is 1.00 bits per heavy atom. The van der Waals surface area contributed by atoms with Gasteiger partial charge in [0.25, 0.3) is 0 Å². The number of hydrogen-bond donors (Lipinski definition) is 0. The van der Waals surface area contributed by atoms with Crippen molar-refractivity contribution in [3.8, 4) is 11.5 Å². The number of ether oxygens (including phenoxy) is 2. The molecule has 136 valence electrons. The molecule has 5 nitrogen and oxygen atoms in total. The van der Waals surface area contributed by atoms with E-state index in [1.807, 2.05) is 41.9 Å². The summed E-state index contributed by atoms with van der Waals surface area (Å²) in [5.74, 6) is 2.90. The number of rotatable bonds is 8. The zero-order valence-corrected chi connectivity index (χ0v) is 16.4. The smallest absolute Gasteiger partial charge is 0.191 e. The zero-order chi connectivity index (χ0) is 18.4. The van der Waals surface area contributed by atoms with Crippen LogP contribution >= 0.6 is 35.0 Å². The number of para-hydroxylation sites is 1. The highest BCUT2D eigenvalue weighted by molar-refractivity contribution is 7.99. The molecule has 1 heterocycles. The molecule has 0 radical (unpaired) electrons. The van der Waals surface area contributed by atoms with Crippen LogP contribution in [0.2, 0.25) is 10.0 Å². The third kappa shape index (κ3) is 5.06. The summed E-state index contributed by atoms with van der Waals surface area (Å²) in [5.41, 5.74) is 0. The highest BCUT2D eigenvalue weighted by atomic mass is 35.5. The van der Waals surface area contributed by atoms with Gasteiger partial charge < -0.3 is 14.0 Å². The standard InChI is InChI=1S/C18H17Cl2N3O2S/c1-23-17(12-25-16-5-3-2-4-15(16)20)21-22-18(23)26-11-10-24-14-8-6-13(19)7-9-14/h2-9H,10-12H2,1H3. The third-order valence-corrected chi connectivity index (χ3v) is 5.06. The van der Waals surface area contributed by atoms with Crippen molar-refractivity contribution in [1.82, 2.24) is 14.8 Å². The first-order chi connectivity index (χ1) is 12.6. The molecule has 0 aliphatic carbocycles. The molecule has 0 unspecified atom stereocenters. The van der Waals surface area contributed by atoms with E-state index in [4.69, 9.17) is 32.7 Å². The summed E-state index contributed by atoms with van der Waals surface area (Å²) in [7, 11) is 1.91. The lowest BCUT2D eigenvalue weighted by Crippen LogP contribution is -2.05. The van der Waals surface area contributed by atoms with Gasteiger partial charge in [-0.15, -0.1) is 10.2 Å². The van der Waals surface area contributed by atoms with E-state index in [1.54, 1.807) is 30.0 Å². The highest BCUT2D eigenvalue weighted by Crippen LogP contribution is 2.24. The van der Waals surface area contributed by atoms with Gasteiger partial charge in [0.1, 0.15) is 18.1 Å². The molecule has 0 aliphatic heterocycles.